The van der Waals surface area contributed by atoms with Crippen molar-refractivity contribution < 1.29 is 14.1 Å². The highest BCUT2D eigenvalue weighted by molar-refractivity contribution is 8.00. The van der Waals surface area contributed by atoms with Gasteiger partial charge in [0, 0.05) is 23.9 Å². The van der Waals surface area contributed by atoms with Crippen LogP contribution in [0.5, 0.6) is 11.5 Å². The van der Waals surface area contributed by atoms with Gasteiger partial charge in [0.15, 0.2) is 5.82 Å². The molecule has 0 amide bonds. The molecule has 10 heteroatoms. The second kappa shape index (κ2) is 8.08. The Morgan fingerprint density at radius 1 is 1.38 bits per heavy atom. The van der Waals surface area contributed by atoms with Gasteiger partial charge in [-0.15, -0.1) is 0 Å². The summed E-state index contributed by atoms with van der Waals surface area (Å²) in [6.07, 6.45) is 2.64. The Hall–Kier alpha value is -3.14. The van der Waals surface area contributed by atoms with Gasteiger partial charge >= 0.3 is 5.69 Å². The fraction of sp³-hybridized carbons (Fsp3) is 0.263. The number of aliphatic imine (C=N–C) groups is 2. The zero-order chi connectivity index (χ0) is 20.4. The van der Waals surface area contributed by atoms with E-state index in [2.05, 4.69) is 14.7 Å². The van der Waals surface area contributed by atoms with E-state index in [0.717, 1.165) is 35.8 Å². The minimum Gasteiger partial charge on any atom is -0.447 e. The molecule has 0 atom stereocenters. The Balaban J connectivity index is 1.68. The summed E-state index contributed by atoms with van der Waals surface area (Å²) in [6.45, 7) is 3.41. The third kappa shape index (κ3) is 3.75. The Labute approximate surface area is 170 Å². The van der Waals surface area contributed by atoms with E-state index in [-0.39, 0.29) is 11.4 Å². The third-order valence-corrected chi connectivity index (χ3v) is 5.38. The van der Waals surface area contributed by atoms with Crippen LogP contribution in [0.2, 0.25) is 0 Å². The second-order valence-electron chi connectivity index (χ2n) is 6.41. The van der Waals surface area contributed by atoms with E-state index in [9.17, 15) is 14.5 Å². The molecule has 2 aliphatic heterocycles. The average Bonchev–Trinajstić information content (AvgIpc) is 3.20. The fourth-order valence-electron chi connectivity index (χ4n) is 3.03. The number of hydrogen-bond donors (Lipinski definition) is 1. The summed E-state index contributed by atoms with van der Waals surface area (Å²) in [4.78, 5) is 21.5. The number of nitro benzene ring substituents is 1. The molecule has 0 bridgehead atoms. The normalized spacial score (nSPS) is 14.3. The van der Waals surface area contributed by atoms with Crippen LogP contribution >= 0.6 is 11.9 Å². The summed E-state index contributed by atoms with van der Waals surface area (Å²) in [7, 11) is 0. The number of nitrogens with one attached hydrogen (secondary N) is 1. The van der Waals surface area contributed by atoms with Crippen LogP contribution in [0.4, 0.5) is 21.5 Å². The Kier molecular flexibility index (Phi) is 5.34. The standard InChI is InChI=1S/C19H18FN5O3S/c1-2-9-29-23-15-5-6-16(25(26)27)18(17(15)20)28-12-3-4-14-13(10-12)19-21-7-8-24(19)11-22-14/h3-6,10-11,23H,2,7-9H2,1H3. The first-order chi connectivity index (χ1) is 14.1. The predicted octanol–water partition coefficient (Wildman–Crippen LogP) is 4.73. The van der Waals surface area contributed by atoms with Crippen molar-refractivity contribution in [2.45, 2.75) is 13.3 Å². The van der Waals surface area contributed by atoms with Gasteiger partial charge in [-0.2, -0.15) is 0 Å². The molecule has 4 rings (SSSR count). The number of hydrogen-bond acceptors (Lipinski definition) is 8. The predicted molar refractivity (Wildman–Crippen MR) is 112 cm³/mol. The van der Waals surface area contributed by atoms with E-state index in [0.29, 0.717) is 6.54 Å². The molecule has 2 aromatic rings. The van der Waals surface area contributed by atoms with Crippen molar-refractivity contribution in [1.82, 2.24) is 4.90 Å². The van der Waals surface area contributed by atoms with Gasteiger partial charge in [0.05, 0.1) is 29.2 Å². The lowest BCUT2D eigenvalue weighted by Gasteiger charge is -2.21. The number of amidine groups is 1. The third-order valence-electron chi connectivity index (χ3n) is 4.40. The lowest BCUT2D eigenvalue weighted by Crippen LogP contribution is -2.29. The Morgan fingerprint density at radius 2 is 2.24 bits per heavy atom. The van der Waals surface area contributed by atoms with Crippen LogP contribution in [0.3, 0.4) is 0 Å². The number of benzene rings is 2. The molecule has 0 unspecified atom stereocenters. The molecule has 150 valence electrons. The number of nitro groups is 1. The molecular formula is C19H18FN5O3S. The average molecular weight is 415 g/mol. The SMILES string of the molecule is CCCSNc1ccc([N+](=O)[O-])c(Oc2ccc3c(c2)C2=NCCN2C=N3)c1F. The van der Waals surface area contributed by atoms with Crippen molar-refractivity contribution in [1.29, 1.82) is 0 Å². The minimum atomic E-state index is -0.807. The van der Waals surface area contributed by atoms with Crippen LogP contribution < -0.4 is 9.46 Å². The van der Waals surface area contributed by atoms with Gasteiger partial charge in [-0.3, -0.25) is 15.1 Å². The molecule has 29 heavy (non-hydrogen) atoms. The van der Waals surface area contributed by atoms with Crippen molar-refractivity contribution in [2.24, 2.45) is 9.98 Å². The first-order valence-corrected chi connectivity index (χ1v) is 10.1. The number of nitrogens with zero attached hydrogens (tertiary/aromatic N) is 4. The van der Waals surface area contributed by atoms with E-state index in [1.165, 1.54) is 24.1 Å². The van der Waals surface area contributed by atoms with Crippen molar-refractivity contribution >= 4 is 41.2 Å². The zero-order valence-corrected chi connectivity index (χ0v) is 16.4. The number of rotatable bonds is 7. The number of halogens is 1. The van der Waals surface area contributed by atoms with E-state index < -0.39 is 22.2 Å². The smallest absolute Gasteiger partial charge is 0.314 e. The molecule has 0 spiro atoms. The molecule has 2 heterocycles. The van der Waals surface area contributed by atoms with Gasteiger partial charge in [0.1, 0.15) is 11.6 Å². The van der Waals surface area contributed by atoms with Crippen LogP contribution in [-0.4, -0.2) is 40.8 Å². The maximum absolute atomic E-state index is 15.0. The second-order valence-corrected chi connectivity index (χ2v) is 7.31. The number of ether oxygens (including phenoxy) is 1. The van der Waals surface area contributed by atoms with Gasteiger partial charge in [0.25, 0.3) is 0 Å². The summed E-state index contributed by atoms with van der Waals surface area (Å²) in [5.74, 6) is 0.578. The quantitative estimate of drug-likeness (QED) is 0.304. The maximum Gasteiger partial charge on any atom is 0.314 e. The molecule has 0 aromatic heterocycles. The van der Waals surface area contributed by atoms with Gasteiger partial charge in [0.2, 0.25) is 5.75 Å². The maximum atomic E-state index is 15.0. The highest BCUT2D eigenvalue weighted by atomic mass is 32.2. The van der Waals surface area contributed by atoms with Crippen molar-refractivity contribution in [3.05, 3.63) is 51.8 Å². The molecular weight excluding hydrogens is 397 g/mol. The van der Waals surface area contributed by atoms with E-state index >= 15 is 0 Å². The van der Waals surface area contributed by atoms with E-state index in [1.807, 2.05) is 11.8 Å². The summed E-state index contributed by atoms with van der Waals surface area (Å²) in [5, 5.41) is 11.4. The monoisotopic (exact) mass is 415 g/mol. The van der Waals surface area contributed by atoms with Gasteiger partial charge in [-0.05, 0) is 30.7 Å². The van der Waals surface area contributed by atoms with Crippen LogP contribution in [0.1, 0.15) is 18.9 Å². The molecule has 1 N–H and O–H groups in total. The Morgan fingerprint density at radius 3 is 3.03 bits per heavy atom. The summed E-state index contributed by atoms with van der Waals surface area (Å²) < 4.78 is 23.6. The molecule has 8 nitrogen and oxygen atoms in total. The molecule has 2 aromatic carbocycles. The Bertz CT molecular complexity index is 1030. The summed E-state index contributed by atoms with van der Waals surface area (Å²) in [6, 6.07) is 7.59. The number of anilines is 1. The summed E-state index contributed by atoms with van der Waals surface area (Å²) in [5.41, 5.74) is 1.16. The lowest BCUT2D eigenvalue weighted by atomic mass is 10.1. The van der Waals surface area contributed by atoms with Crippen molar-refractivity contribution in [2.75, 3.05) is 23.6 Å². The van der Waals surface area contributed by atoms with Crippen LogP contribution in [0.15, 0.2) is 40.3 Å². The summed E-state index contributed by atoms with van der Waals surface area (Å²) >= 11 is 1.33. The van der Waals surface area contributed by atoms with Crippen LogP contribution in [-0.2, 0) is 0 Å². The molecule has 0 fully saturated rings. The van der Waals surface area contributed by atoms with E-state index in [1.54, 1.807) is 24.5 Å². The van der Waals surface area contributed by atoms with Crippen molar-refractivity contribution in [3.63, 3.8) is 0 Å². The largest absolute Gasteiger partial charge is 0.447 e. The van der Waals surface area contributed by atoms with E-state index in [4.69, 9.17) is 4.74 Å². The first-order valence-electron chi connectivity index (χ1n) is 9.10. The lowest BCUT2D eigenvalue weighted by molar-refractivity contribution is -0.385. The highest BCUT2D eigenvalue weighted by Gasteiger charge is 2.26. The fourth-order valence-corrected chi connectivity index (χ4v) is 3.65. The van der Waals surface area contributed by atoms with Crippen molar-refractivity contribution in [3.8, 4) is 11.5 Å². The molecule has 0 aliphatic carbocycles. The topological polar surface area (TPSA) is 92.4 Å². The zero-order valence-electron chi connectivity index (χ0n) is 15.6. The first kappa shape index (κ1) is 19.2. The van der Waals surface area contributed by atoms with Crippen LogP contribution in [0, 0.1) is 15.9 Å². The minimum absolute atomic E-state index is 0.137. The molecule has 2 aliphatic rings. The molecule has 0 saturated carbocycles. The van der Waals surface area contributed by atoms with Gasteiger partial charge in [-0.25, -0.2) is 9.38 Å². The van der Waals surface area contributed by atoms with Crippen LogP contribution in [0.25, 0.3) is 0 Å². The number of fused-ring (bicyclic) bond motifs is 3. The highest BCUT2D eigenvalue weighted by Crippen LogP contribution is 2.40. The van der Waals surface area contributed by atoms with Gasteiger partial charge < -0.3 is 14.4 Å². The molecule has 0 radical (unpaired) electrons. The molecule has 0 saturated heterocycles. The van der Waals surface area contributed by atoms with Gasteiger partial charge in [-0.1, -0.05) is 18.9 Å².